The average Bonchev–Trinajstić information content (AvgIpc) is 2.27. The van der Waals surface area contributed by atoms with E-state index in [9.17, 15) is 0 Å². The van der Waals surface area contributed by atoms with Crippen LogP contribution >= 0.6 is 11.6 Å². The van der Waals surface area contributed by atoms with Crippen LogP contribution in [0, 0.1) is 0 Å². The summed E-state index contributed by atoms with van der Waals surface area (Å²) in [5.41, 5.74) is 7.34. The molecule has 0 amide bonds. The SMILES string of the molecule is CCC(C)(C(C)N)N(C)Cc1cccc(Cl)c1. The van der Waals surface area contributed by atoms with Gasteiger partial charge in [0.15, 0.2) is 0 Å². The van der Waals surface area contributed by atoms with Crippen LogP contribution in [0.5, 0.6) is 0 Å². The van der Waals surface area contributed by atoms with Gasteiger partial charge in [0.2, 0.25) is 0 Å². The van der Waals surface area contributed by atoms with E-state index in [2.05, 4.69) is 38.8 Å². The fourth-order valence-electron chi connectivity index (χ4n) is 2.03. The number of hydrogen-bond donors (Lipinski definition) is 1. The summed E-state index contributed by atoms with van der Waals surface area (Å²) in [4.78, 5) is 2.31. The smallest absolute Gasteiger partial charge is 0.0409 e. The molecule has 0 aliphatic rings. The van der Waals surface area contributed by atoms with Crippen LogP contribution in [-0.4, -0.2) is 23.5 Å². The van der Waals surface area contributed by atoms with Gasteiger partial charge in [0.1, 0.15) is 0 Å². The van der Waals surface area contributed by atoms with Crippen molar-refractivity contribution in [2.45, 2.75) is 45.3 Å². The Labute approximate surface area is 110 Å². The quantitative estimate of drug-likeness (QED) is 0.874. The van der Waals surface area contributed by atoms with Crippen molar-refractivity contribution < 1.29 is 0 Å². The molecule has 0 spiro atoms. The van der Waals surface area contributed by atoms with Crippen molar-refractivity contribution in [3.8, 4) is 0 Å². The Kier molecular flexibility index (Phi) is 4.99. The van der Waals surface area contributed by atoms with E-state index >= 15 is 0 Å². The molecule has 2 N–H and O–H groups in total. The van der Waals surface area contributed by atoms with Crippen molar-refractivity contribution in [3.05, 3.63) is 34.9 Å². The maximum absolute atomic E-state index is 6.10. The topological polar surface area (TPSA) is 29.3 Å². The van der Waals surface area contributed by atoms with Crippen LogP contribution in [0.3, 0.4) is 0 Å². The molecule has 0 bridgehead atoms. The highest BCUT2D eigenvalue weighted by Gasteiger charge is 2.31. The Morgan fingerprint density at radius 1 is 1.47 bits per heavy atom. The van der Waals surface area contributed by atoms with Crippen molar-refractivity contribution in [3.63, 3.8) is 0 Å². The Morgan fingerprint density at radius 3 is 2.59 bits per heavy atom. The predicted octanol–water partition coefficient (Wildman–Crippen LogP) is 3.29. The van der Waals surface area contributed by atoms with Gasteiger partial charge in [-0.05, 0) is 45.0 Å². The Morgan fingerprint density at radius 2 is 2.12 bits per heavy atom. The zero-order valence-corrected chi connectivity index (χ0v) is 12.0. The molecule has 3 heteroatoms. The molecule has 0 saturated carbocycles. The van der Waals surface area contributed by atoms with Crippen LogP contribution in [0.1, 0.15) is 32.8 Å². The summed E-state index contributed by atoms with van der Waals surface area (Å²) in [5.74, 6) is 0. The van der Waals surface area contributed by atoms with E-state index in [1.165, 1.54) is 5.56 Å². The Hall–Kier alpha value is -0.570. The summed E-state index contributed by atoms with van der Waals surface area (Å²) in [5, 5.41) is 0.787. The van der Waals surface area contributed by atoms with Gasteiger partial charge in [-0.25, -0.2) is 0 Å². The van der Waals surface area contributed by atoms with E-state index in [1.54, 1.807) is 0 Å². The van der Waals surface area contributed by atoms with Crippen LogP contribution in [0.15, 0.2) is 24.3 Å². The van der Waals surface area contributed by atoms with Crippen molar-refractivity contribution in [2.75, 3.05) is 7.05 Å². The van der Waals surface area contributed by atoms with E-state index in [0.717, 1.165) is 18.0 Å². The van der Waals surface area contributed by atoms with Crippen LogP contribution in [0.2, 0.25) is 5.02 Å². The van der Waals surface area contributed by atoms with Crippen molar-refractivity contribution in [2.24, 2.45) is 5.73 Å². The highest BCUT2D eigenvalue weighted by molar-refractivity contribution is 6.30. The van der Waals surface area contributed by atoms with Gasteiger partial charge in [0.25, 0.3) is 0 Å². The summed E-state index contributed by atoms with van der Waals surface area (Å²) in [7, 11) is 2.12. The van der Waals surface area contributed by atoms with Crippen LogP contribution < -0.4 is 5.73 Å². The maximum Gasteiger partial charge on any atom is 0.0409 e. The Bertz CT molecular complexity index is 365. The second-order valence-electron chi connectivity index (χ2n) is 4.99. The molecule has 1 rings (SSSR count). The van der Waals surface area contributed by atoms with Crippen LogP contribution in [0.4, 0.5) is 0 Å². The fraction of sp³-hybridized carbons (Fsp3) is 0.571. The number of benzene rings is 1. The van der Waals surface area contributed by atoms with E-state index in [-0.39, 0.29) is 11.6 Å². The molecule has 1 aromatic rings. The minimum atomic E-state index is 0.0162. The number of hydrogen-bond acceptors (Lipinski definition) is 2. The summed E-state index contributed by atoms with van der Waals surface area (Å²) >= 11 is 6.00. The second-order valence-corrected chi connectivity index (χ2v) is 5.42. The summed E-state index contributed by atoms with van der Waals surface area (Å²) in [6.07, 6.45) is 1.03. The molecular weight excluding hydrogens is 232 g/mol. The fourth-order valence-corrected chi connectivity index (χ4v) is 2.24. The van der Waals surface area contributed by atoms with Crippen LogP contribution in [0.25, 0.3) is 0 Å². The second kappa shape index (κ2) is 5.85. The number of nitrogens with two attached hydrogens (primary N) is 1. The van der Waals surface area contributed by atoms with E-state index in [1.807, 2.05) is 18.2 Å². The zero-order valence-electron chi connectivity index (χ0n) is 11.2. The van der Waals surface area contributed by atoms with E-state index < -0.39 is 0 Å². The van der Waals surface area contributed by atoms with Gasteiger partial charge >= 0.3 is 0 Å². The summed E-state index contributed by atoms with van der Waals surface area (Å²) in [6, 6.07) is 8.13. The summed E-state index contributed by atoms with van der Waals surface area (Å²) in [6.45, 7) is 7.32. The molecule has 2 nitrogen and oxygen atoms in total. The number of likely N-dealkylation sites (N-methyl/N-ethyl adjacent to an activating group) is 1. The zero-order chi connectivity index (χ0) is 13.1. The lowest BCUT2D eigenvalue weighted by molar-refractivity contribution is 0.101. The molecule has 0 aromatic heterocycles. The lowest BCUT2D eigenvalue weighted by Crippen LogP contribution is -2.54. The first-order chi connectivity index (χ1) is 7.90. The van der Waals surface area contributed by atoms with Gasteiger partial charge < -0.3 is 5.73 Å². The highest BCUT2D eigenvalue weighted by Crippen LogP contribution is 2.23. The molecular formula is C14H23ClN2. The van der Waals surface area contributed by atoms with Gasteiger partial charge in [-0.3, -0.25) is 4.90 Å². The average molecular weight is 255 g/mol. The van der Waals surface area contributed by atoms with Gasteiger partial charge in [0, 0.05) is 23.1 Å². The predicted molar refractivity (Wildman–Crippen MR) is 75.3 cm³/mol. The molecule has 2 unspecified atom stereocenters. The molecule has 1 aromatic carbocycles. The van der Waals surface area contributed by atoms with Crippen molar-refractivity contribution in [1.29, 1.82) is 0 Å². The molecule has 17 heavy (non-hydrogen) atoms. The third kappa shape index (κ3) is 3.44. The first-order valence-electron chi connectivity index (χ1n) is 6.11. The maximum atomic E-state index is 6.10. The molecule has 0 heterocycles. The molecule has 0 fully saturated rings. The molecule has 0 saturated heterocycles. The first-order valence-corrected chi connectivity index (χ1v) is 6.49. The van der Waals surface area contributed by atoms with Crippen LogP contribution in [-0.2, 0) is 6.54 Å². The molecule has 0 aliphatic carbocycles. The number of rotatable bonds is 5. The molecule has 0 aliphatic heterocycles. The molecule has 2 atom stereocenters. The van der Waals surface area contributed by atoms with E-state index in [4.69, 9.17) is 17.3 Å². The summed E-state index contributed by atoms with van der Waals surface area (Å²) < 4.78 is 0. The number of halogens is 1. The normalized spacial score (nSPS) is 16.9. The Balaban J connectivity index is 2.81. The van der Waals surface area contributed by atoms with E-state index in [0.29, 0.717) is 0 Å². The highest BCUT2D eigenvalue weighted by atomic mass is 35.5. The minimum absolute atomic E-state index is 0.0162. The lowest BCUT2D eigenvalue weighted by atomic mass is 9.89. The monoisotopic (exact) mass is 254 g/mol. The lowest BCUT2D eigenvalue weighted by Gasteiger charge is -2.41. The minimum Gasteiger partial charge on any atom is -0.326 e. The number of nitrogens with zero attached hydrogens (tertiary/aromatic N) is 1. The first kappa shape index (κ1) is 14.5. The van der Waals surface area contributed by atoms with Gasteiger partial charge in [0.05, 0.1) is 0 Å². The molecule has 96 valence electrons. The van der Waals surface area contributed by atoms with Crippen molar-refractivity contribution >= 4 is 11.6 Å². The van der Waals surface area contributed by atoms with Crippen molar-refractivity contribution in [1.82, 2.24) is 4.90 Å². The standard InChI is InChI=1S/C14H23ClN2/c1-5-14(3,11(2)16)17(4)10-12-7-6-8-13(15)9-12/h6-9,11H,5,10,16H2,1-4H3. The van der Waals surface area contributed by atoms with Gasteiger partial charge in [-0.15, -0.1) is 0 Å². The third-order valence-electron chi connectivity index (χ3n) is 3.88. The third-order valence-corrected chi connectivity index (χ3v) is 4.11. The molecule has 0 radical (unpaired) electrons. The van der Waals surface area contributed by atoms with Gasteiger partial charge in [-0.2, -0.15) is 0 Å². The largest absolute Gasteiger partial charge is 0.326 e. The van der Waals surface area contributed by atoms with Gasteiger partial charge in [-0.1, -0.05) is 30.7 Å².